The van der Waals surface area contributed by atoms with Gasteiger partial charge in [0.1, 0.15) is 0 Å². The molecule has 0 spiro atoms. The molecular weight excluding hydrogens is 295 g/mol. The summed E-state index contributed by atoms with van der Waals surface area (Å²) >= 11 is 1.45. The highest BCUT2D eigenvalue weighted by molar-refractivity contribution is 7.99. The van der Waals surface area contributed by atoms with Crippen LogP contribution >= 0.6 is 11.8 Å². The molecule has 2 aromatic carbocycles. The molecule has 0 bridgehead atoms. The van der Waals surface area contributed by atoms with Crippen molar-refractivity contribution in [1.29, 1.82) is 0 Å². The number of terminal acetylenes is 1. The first kappa shape index (κ1) is 13.9. The van der Waals surface area contributed by atoms with E-state index in [0.29, 0.717) is 5.69 Å². The van der Waals surface area contributed by atoms with Crippen LogP contribution in [0.15, 0.2) is 52.3 Å². The fourth-order valence-electron chi connectivity index (χ4n) is 2.27. The fraction of sp³-hybridized carbons (Fsp3) is 0.125. The van der Waals surface area contributed by atoms with E-state index in [1.54, 1.807) is 4.90 Å². The Bertz CT molecular complexity index is 731. The van der Waals surface area contributed by atoms with Crippen LogP contribution in [-0.2, 0) is 6.18 Å². The van der Waals surface area contributed by atoms with E-state index in [4.69, 9.17) is 6.42 Å². The molecule has 0 N–H and O–H groups in total. The summed E-state index contributed by atoms with van der Waals surface area (Å²) in [5.41, 5.74) is 0.682. The monoisotopic (exact) mass is 305 g/mol. The number of nitrogens with zero attached hydrogens (tertiary/aromatic N) is 1. The minimum absolute atomic E-state index is 0.228. The SMILES string of the molecule is C#CCN1c2ccccc2Sc2ccc(C(F)(F)F)cc21. The lowest BCUT2D eigenvalue weighted by Crippen LogP contribution is -2.21. The number of rotatable bonds is 1. The number of fused-ring (bicyclic) bond motifs is 2. The normalized spacial score (nSPS) is 13.3. The highest BCUT2D eigenvalue weighted by Crippen LogP contribution is 2.49. The molecule has 1 nitrogen and oxygen atoms in total. The zero-order valence-corrected chi connectivity index (χ0v) is 11.6. The molecule has 0 amide bonds. The van der Waals surface area contributed by atoms with Gasteiger partial charge in [0.2, 0.25) is 0 Å². The molecule has 0 aromatic heterocycles. The van der Waals surface area contributed by atoms with Gasteiger partial charge in [0.25, 0.3) is 0 Å². The number of benzene rings is 2. The van der Waals surface area contributed by atoms with Crippen molar-refractivity contribution in [2.45, 2.75) is 16.0 Å². The fourth-order valence-corrected chi connectivity index (χ4v) is 3.34. The van der Waals surface area contributed by atoms with Gasteiger partial charge in [-0.25, -0.2) is 0 Å². The molecule has 1 heterocycles. The van der Waals surface area contributed by atoms with Gasteiger partial charge in [-0.3, -0.25) is 0 Å². The van der Waals surface area contributed by atoms with Gasteiger partial charge in [-0.1, -0.05) is 29.8 Å². The maximum absolute atomic E-state index is 12.9. The van der Waals surface area contributed by atoms with Gasteiger partial charge in [-0.2, -0.15) is 13.2 Å². The minimum Gasteiger partial charge on any atom is -0.328 e. The van der Waals surface area contributed by atoms with Gasteiger partial charge in [0, 0.05) is 9.79 Å². The third-order valence-corrected chi connectivity index (χ3v) is 4.33. The number of hydrogen-bond donors (Lipinski definition) is 0. The van der Waals surface area contributed by atoms with Crippen molar-refractivity contribution in [3.8, 4) is 12.3 Å². The van der Waals surface area contributed by atoms with Crippen LogP contribution in [0.25, 0.3) is 0 Å². The molecule has 1 aliphatic heterocycles. The van der Waals surface area contributed by atoms with Crippen molar-refractivity contribution in [2.75, 3.05) is 11.4 Å². The third-order valence-electron chi connectivity index (χ3n) is 3.20. The van der Waals surface area contributed by atoms with Crippen LogP contribution in [0.3, 0.4) is 0 Å². The lowest BCUT2D eigenvalue weighted by atomic mass is 10.1. The first-order chi connectivity index (χ1) is 10.0. The van der Waals surface area contributed by atoms with E-state index >= 15 is 0 Å². The molecule has 106 valence electrons. The Kier molecular flexibility index (Phi) is 3.34. The highest BCUT2D eigenvalue weighted by atomic mass is 32.2. The number of halogens is 3. The van der Waals surface area contributed by atoms with Crippen LogP contribution in [0.1, 0.15) is 5.56 Å². The summed E-state index contributed by atoms with van der Waals surface area (Å²) in [6, 6.07) is 11.3. The van der Waals surface area contributed by atoms with Crippen molar-refractivity contribution in [2.24, 2.45) is 0 Å². The lowest BCUT2D eigenvalue weighted by molar-refractivity contribution is -0.137. The molecule has 0 saturated heterocycles. The summed E-state index contributed by atoms with van der Waals surface area (Å²) in [7, 11) is 0. The van der Waals surface area contributed by atoms with E-state index in [0.717, 1.165) is 27.6 Å². The summed E-state index contributed by atoms with van der Waals surface area (Å²) in [6.45, 7) is 0.228. The van der Waals surface area contributed by atoms with Gasteiger partial charge in [0.05, 0.1) is 23.5 Å². The summed E-state index contributed by atoms with van der Waals surface area (Å²) in [5.74, 6) is 2.51. The molecule has 2 aromatic rings. The Labute approximate surface area is 124 Å². The minimum atomic E-state index is -4.36. The molecule has 0 atom stereocenters. The van der Waals surface area contributed by atoms with Gasteiger partial charge >= 0.3 is 6.18 Å². The Morgan fingerprint density at radius 3 is 2.48 bits per heavy atom. The second-order valence-corrected chi connectivity index (χ2v) is 5.62. The van der Waals surface area contributed by atoms with E-state index in [-0.39, 0.29) is 6.54 Å². The van der Waals surface area contributed by atoms with Gasteiger partial charge in [-0.05, 0) is 30.3 Å². The summed E-state index contributed by atoms with van der Waals surface area (Å²) < 4.78 is 38.7. The molecule has 0 aliphatic carbocycles. The van der Waals surface area contributed by atoms with Crippen molar-refractivity contribution in [3.63, 3.8) is 0 Å². The van der Waals surface area contributed by atoms with Crippen LogP contribution in [0, 0.1) is 12.3 Å². The smallest absolute Gasteiger partial charge is 0.328 e. The molecular formula is C16H10F3NS. The molecule has 3 rings (SSSR count). The highest BCUT2D eigenvalue weighted by Gasteiger charge is 2.33. The van der Waals surface area contributed by atoms with Crippen molar-refractivity contribution in [3.05, 3.63) is 48.0 Å². The van der Waals surface area contributed by atoms with Crippen LogP contribution in [0.5, 0.6) is 0 Å². The van der Waals surface area contributed by atoms with E-state index < -0.39 is 11.7 Å². The maximum Gasteiger partial charge on any atom is 0.416 e. The molecule has 0 saturated carbocycles. The largest absolute Gasteiger partial charge is 0.416 e. The predicted octanol–water partition coefficient (Wildman–Crippen LogP) is 4.94. The Morgan fingerprint density at radius 1 is 1.05 bits per heavy atom. The molecule has 1 aliphatic rings. The first-order valence-electron chi connectivity index (χ1n) is 6.20. The first-order valence-corrected chi connectivity index (χ1v) is 7.01. The van der Waals surface area contributed by atoms with E-state index in [2.05, 4.69) is 5.92 Å². The molecule has 0 unspecified atom stereocenters. The van der Waals surface area contributed by atoms with Gasteiger partial charge < -0.3 is 4.90 Å². The standard InChI is InChI=1S/C16H10F3NS/c1-2-9-20-12-5-3-4-6-14(12)21-15-8-7-11(10-13(15)20)16(17,18)19/h1,3-8,10H,9H2. The number of alkyl halides is 3. The van der Waals surface area contributed by atoms with Crippen LogP contribution < -0.4 is 4.90 Å². The second kappa shape index (κ2) is 5.05. The second-order valence-electron chi connectivity index (χ2n) is 4.54. The maximum atomic E-state index is 12.9. The quantitative estimate of drug-likeness (QED) is 0.686. The molecule has 0 fully saturated rings. The van der Waals surface area contributed by atoms with Gasteiger partial charge in [0.15, 0.2) is 0 Å². The number of para-hydroxylation sites is 1. The number of hydrogen-bond acceptors (Lipinski definition) is 2. The average Bonchev–Trinajstić information content (AvgIpc) is 2.45. The van der Waals surface area contributed by atoms with Crippen LogP contribution in [-0.4, -0.2) is 6.54 Å². The zero-order valence-electron chi connectivity index (χ0n) is 10.8. The number of anilines is 2. The molecule has 5 heteroatoms. The summed E-state index contributed by atoms with van der Waals surface area (Å²) in [4.78, 5) is 3.51. The topological polar surface area (TPSA) is 3.24 Å². The third kappa shape index (κ3) is 2.47. The molecule has 0 radical (unpaired) electrons. The van der Waals surface area contributed by atoms with Crippen LogP contribution in [0.4, 0.5) is 24.5 Å². The average molecular weight is 305 g/mol. The van der Waals surface area contributed by atoms with Crippen molar-refractivity contribution in [1.82, 2.24) is 0 Å². The Balaban J connectivity index is 2.15. The van der Waals surface area contributed by atoms with Gasteiger partial charge in [-0.15, -0.1) is 6.42 Å². The van der Waals surface area contributed by atoms with Crippen molar-refractivity contribution >= 4 is 23.1 Å². The van der Waals surface area contributed by atoms with E-state index in [1.165, 1.54) is 17.8 Å². The van der Waals surface area contributed by atoms with E-state index in [9.17, 15) is 13.2 Å². The van der Waals surface area contributed by atoms with Crippen LogP contribution in [0.2, 0.25) is 0 Å². The Morgan fingerprint density at radius 2 is 1.76 bits per heavy atom. The van der Waals surface area contributed by atoms with Crippen molar-refractivity contribution < 1.29 is 13.2 Å². The van der Waals surface area contributed by atoms with E-state index in [1.807, 2.05) is 24.3 Å². The predicted molar refractivity (Wildman–Crippen MR) is 77.8 cm³/mol. The summed E-state index contributed by atoms with van der Waals surface area (Å²) in [5, 5.41) is 0. The zero-order chi connectivity index (χ0) is 15.0. The lowest BCUT2D eigenvalue weighted by Gasteiger charge is -2.31. The summed E-state index contributed by atoms with van der Waals surface area (Å²) in [6.07, 6.45) is 1.01. The Hall–Kier alpha value is -2.06. The molecule has 21 heavy (non-hydrogen) atoms.